The number of rotatable bonds is 5. The lowest BCUT2D eigenvalue weighted by atomic mass is 9.65. The van der Waals surface area contributed by atoms with Crippen molar-refractivity contribution < 1.29 is 14.7 Å². The summed E-state index contributed by atoms with van der Waals surface area (Å²) in [5.41, 5.74) is -0.101. The molecule has 1 saturated carbocycles. The highest BCUT2D eigenvalue weighted by Crippen LogP contribution is 2.57. The minimum absolute atomic E-state index is 0.0573. The summed E-state index contributed by atoms with van der Waals surface area (Å²) in [7, 11) is 0. The zero-order valence-corrected chi connectivity index (χ0v) is 21.0. The third-order valence-corrected chi connectivity index (χ3v) is 8.94. The molecule has 1 aromatic rings. The fraction of sp³-hybridized carbons (Fsp3) is 0.792. The monoisotopic (exact) mass is 449 g/mol. The SMILES string of the molecule is CCCCc1cn(C(C)(C)C)s/c1=N\C(=O)[C@]1(C)CC[C@H](C(=O)N2CC(O)C2)C1(C)C. The number of carbonyl (C=O) groups excluding carboxylic acids is 2. The minimum Gasteiger partial charge on any atom is -0.389 e. The average molecular weight is 450 g/mol. The fourth-order valence-electron chi connectivity index (χ4n) is 4.72. The van der Waals surface area contributed by atoms with Crippen molar-refractivity contribution in [3.63, 3.8) is 0 Å². The van der Waals surface area contributed by atoms with Gasteiger partial charge in [0.15, 0.2) is 0 Å². The predicted molar refractivity (Wildman–Crippen MR) is 124 cm³/mol. The third-order valence-electron chi connectivity index (χ3n) is 7.57. The topological polar surface area (TPSA) is 74.9 Å². The molecule has 2 atom stereocenters. The van der Waals surface area contributed by atoms with E-state index >= 15 is 0 Å². The van der Waals surface area contributed by atoms with Crippen LogP contribution >= 0.6 is 11.5 Å². The highest BCUT2D eigenvalue weighted by atomic mass is 32.1. The lowest BCUT2D eigenvalue weighted by Crippen LogP contribution is -2.57. The van der Waals surface area contributed by atoms with Crippen LogP contribution in [-0.2, 0) is 21.5 Å². The molecule has 0 bridgehead atoms. The largest absolute Gasteiger partial charge is 0.389 e. The molecule has 2 heterocycles. The number of unbranched alkanes of at least 4 members (excludes halogenated alkanes) is 1. The Morgan fingerprint density at radius 3 is 2.45 bits per heavy atom. The molecule has 0 radical (unpaired) electrons. The zero-order valence-electron chi connectivity index (χ0n) is 20.2. The number of β-amino-alcohol motifs (C(OH)–C–C–N with tert-alkyl or cyclic N) is 1. The number of nitrogens with zero attached hydrogens (tertiary/aromatic N) is 3. The molecule has 0 aromatic carbocycles. The van der Waals surface area contributed by atoms with Gasteiger partial charge in [0, 0.05) is 36.3 Å². The summed E-state index contributed by atoms with van der Waals surface area (Å²) < 4.78 is 3.00. The number of amides is 2. The van der Waals surface area contributed by atoms with Crippen molar-refractivity contribution in [3.8, 4) is 0 Å². The van der Waals surface area contributed by atoms with E-state index in [1.54, 1.807) is 16.4 Å². The molecule has 0 spiro atoms. The van der Waals surface area contributed by atoms with Crippen LogP contribution in [0.3, 0.4) is 0 Å². The Morgan fingerprint density at radius 2 is 1.90 bits per heavy atom. The Morgan fingerprint density at radius 1 is 1.26 bits per heavy atom. The molecule has 1 aliphatic carbocycles. The van der Waals surface area contributed by atoms with Crippen molar-refractivity contribution in [2.75, 3.05) is 13.1 Å². The second-order valence-corrected chi connectivity index (χ2v) is 12.1. The van der Waals surface area contributed by atoms with E-state index < -0.39 is 16.9 Å². The molecule has 2 fully saturated rings. The van der Waals surface area contributed by atoms with Gasteiger partial charge in [-0.05, 0) is 63.4 Å². The summed E-state index contributed by atoms with van der Waals surface area (Å²) >= 11 is 1.55. The molecule has 31 heavy (non-hydrogen) atoms. The van der Waals surface area contributed by atoms with E-state index in [2.05, 4.69) is 42.8 Å². The summed E-state index contributed by atoms with van der Waals surface area (Å²) in [4.78, 5) is 33.0. The van der Waals surface area contributed by atoms with Crippen molar-refractivity contribution >= 4 is 23.3 Å². The number of hydrogen-bond donors (Lipinski definition) is 1. The molecule has 1 aliphatic heterocycles. The van der Waals surface area contributed by atoms with Gasteiger partial charge >= 0.3 is 0 Å². The Hall–Kier alpha value is -1.47. The first-order valence-corrected chi connectivity index (χ1v) is 12.4. The maximum Gasteiger partial charge on any atom is 0.253 e. The van der Waals surface area contributed by atoms with Crippen molar-refractivity contribution in [2.24, 2.45) is 21.7 Å². The van der Waals surface area contributed by atoms with Gasteiger partial charge in [0.1, 0.15) is 4.67 Å². The fourth-order valence-corrected chi connectivity index (χ4v) is 5.76. The van der Waals surface area contributed by atoms with E-state index in [9.17, 15) is 14.7 Å². The van der Waals surface area contributed by atoms with E-state index in [1.165, 1.54) is 0 Å². The molecular weight excluding hydrogens is 410 g/mol. The normalized spacial score (nSPS) is 26.9. The van der Waals surface area contributed by atoms with E-state index in [0.29, 0.717) is 25.9 Å². The molecule has 2 amide bonds. The first-order chi connectivity index (χ1) is 14.3. The van der Waals surface area contributed by atoms with Crippen molar-refractivity contribution in [1.82, 2.24) is 8.86 Å². The molecular formula is C24H39N3O3S. The second-order valence-electron chi connectivity index (χ2n) is 11.1. The molecule has 1 saturated heterocycles. The molecule has 2 aliphatic rings. The third kappa shape index (κ3) is 4.40. The number of aliphatic hydroxyl groups excluding tert-OH is 1. The van der Waals surface area contributed by atoms with Crippen LogP contribution in [0.15, 0.2) is 11.2 Å². The molecule has 6 nitrogen and oxygen atoms in total. The number of likely N-dealkylation sites (tertiary alicyclic amines) is 1. The number of aliphatic hydroxyl groups is 1. The van der Waals surface area contributed by atoms with Crippen molar-refractivity contribution in [2.45, 2.75) is 92.2 Å². The average Bonchev–Trinajstić information content (AvgIpc) is 3.16. The maximum absolute atomic E-state index is 13.6. The van der Waals surface area contributed by atoms with E-state index in [-0.39, 0.29) is 23.3 Å². The predicted octanol–water partition coefficient (Wildman–Crippen LogP) is 3.72. The first kappa shape index (κ1) is 24.2. The summed E-state index contributed by atoms with van der Waals surface area (Å²) in [6.45, 7) is 15.5. The van der Waals surface area contributed by atoms with Gasteiger partial charge in [-0.15, -0.1) is 0 Å². The Kier molecular flexibility index (Phi) is 6.61. The quantitative estimate of drug-likeness (QED) is 0.744. The van der Waals surface area contributed by atoms with Gasteiger partial charge in [0.05, 0.1) is 11.5 Å². The number of hydrogen-bond acceptors (Lipinski definition) is 4. The molecule has 1 N–H and O–H groups in total. The van der Waals surface area contributed by atoms with Gasteiger partial charge in [-0.1, -0.05) is 34.1 Å². The summed E-state index contributed by atoms with van der Waals surface area (Å²) in [6, 6.07) is 0. The summed E-state index contributed by atoms with van der Waals surface area (Å²) in [5, 5.41) is 9.58. The van der Waals surface area contributed by atoms with Crippen LogP contribution in [0, 0.1) is 16.7 Å². The first-order valence-electron chi connectivity index (χ1n) is 11.6. The van der Waals surface area contributed by atoms with Gasteiger partial charge in [0.2, 0.25) is 5.91 Å². The van der Waals surface area contributed by atoms with Crippen LogP contribution in [0.1, 0.15) is 79.7 Å². The van der Waals surface area contributed by atoms with Crippen LogP contribution in [0.2, 0.25) is 0 Å². The Bertz CT molecular complexity index is 902. The number of aryl methyl sites for hydroxylation is 1. The lowest BCUT2D eigenvalue weighted by Gasteiger charge is -2.43. The zero-order chi connectivity index (χ0) is 23.2. The highest BCUT2D eigenvalue weighted by molar-refractivity contribution is 7.04. The van der Waals surface area contributed by atoms with E-state index in [0.717, 1.165) is 29.5 Å². The van der Waals surface area contributed by atoms with Crippen LogP contribution < -0.4 is 4.67 Å². The lowest BCUT2D eigenvalue weighted by molar-refractivity contribution is -0.151. The molecule has 174 valence electrons. The van der Waals surface area contributed by atoms with Crippen molar-refractivity contribution in [1.29, 1.82) is 0 Å². The van der Waals surface area contributed by atoms with Gasteiger partial charge < -0.3 is 10.0 Å². The van der Waals surface area contributed by atoms with Crippen LogP contribution in [-0.4, -0.2) is 45.0 Å². The van der Waals surface area contributed by atoms with Gasteiger partial charge in [-0.25, -0.2) is 4.99 Å². The van der Waals surface area contributed by atoms with Crippen molar-refractivity contribution in [3.05, 3.63) is 16.4 Å². The smallest absolute Gasteiger partial charge is 0.253 e. The van der Waals surface area contributed by atoms with Crippen LogP contribution in [0.5, 0.6) is 0 Å². The maximum atomic E-state index is 13.6. The molecule has 0 unspecified atom stereocenters. The minimum atomic E-state index is -0.685. The highest BCUT2D eigenvalue weighted by Gasteiger charge is 2.59. The molecule has 1 aromatic heterocycles. The summed E-state index contributed by atoms with van der Waals surface area (Å²) in [6.07, 6.45) is 6.16. The Balaban J connectivity index is 1.90. The standard InChI is InChI=1S/C24H39N3O3S/c1-8-9-10-16-13-27(22(2,3)4)31-19(16)25-21(30)24(7)12-11-18(23(24,5)6)20(29)26-14-17(28)15-26/h13,17-18,28H,8-12,14-15H2,1-7H3/b25-19-/t18-,24+/m1/s1. The molecule has 3 rings (SSSR count). The molecule has 7 heteroatoms. The number of carbonyl (C=O) groups is 2. The van der Waals surface area contributed by atoms with Crippen LogP contribution in [0.4, 0.5) is 0 Å². The van der Waals surface area contributed by atoms with Gasteiger partial charge in [-0.2, -0.15) is 0 Å². The Labute approximate surface area is 190 Å². The van der Waals surface area contributed by atoms with Gasteiger partial charge in [-0.3, -0.25) is 13.5 Å². The second kappa shape index (κ2) is 8.47. The van der Waals surface area contributed by atoms with Crippen LogP contribution in [0.25, 0.3) is 0 Å². The number of aromatic nitrogens is 1. The summed E-state index contributed by atoms with van der Waals surface area (Å²) in [5.74, 6) is -0.263. The van der Waals surface area contributed by atoms with E-state index in [4.69, 9.17) is 0 Å². The van der Waals surface area contributed by atoms with E-state index in [1.807, 2.05) is 20.8 Å². The van der Waals surface area contributed by atoms with Gasteiger partial charge in [0.25, 0.3) is 5.91 Å².